The zero-order valence-electron chi connectivity index (χ0n) is 10.4. The van der Waals surface area contributed by atoms with Gasteiger partial charge < -0.3 is 4.90 Å². The number of nitrogens with zero attached hydrogens (tertiary/aromatic N) is 3. The van der Waals surface area contributed by atoms with Gasteiger partial charge in [0, 0.05) is 44.0 Å². The molecule has 0 aliphatic carbocycles. The van der Waals surface area contributed by atoms with E-state index in [1.165, 1.54) is 11.3 Å². The van der Waals surface area contributed by atoms with Crippen molar-refractivity contribution in [2.75, 3.05) is 33.2 Å². The van der Waals surface area contributed by atoms with Crippen LogP contribution in [0.15, 0.2) is 0 Å². The molecule has 0 saturated carbocycles. The molecule has 2 rings (SSSR count). The fourth-order valence-electron chi connectivity index (χ4n) is 1.99. The first kappa shape index (κ1) is 11.6. The number of aromatic amines is 1. The van der Waals surface area contributed by atoms with E-state index in [1.807, 2.05) is 6.92 Å². The molecular formula is C11H21N5. The molecule has 90 valence electrons. The molecular weight excluding hydrogens is 202 g/mol. The van der Waals surface area contributed by atoms with Crippen molar-refractivity contribution in [1.82, 2.24) is 25.5 Å². The maximum atomic E-state index is 4.20. The van der Waals surface area contributed by atoms with Gasteiger partial charge in [0.2, 0.25) is 0 Å². The van der Waals surface area contributed by atoms with Crippen molar-refractivity contribution in [2.45, 2.75) is 20.4 Å². The first-order valence-corrected chi connectivity index (χ1v) is 5.84. The summed E-state index contributed by atoms with van der Waals surface area (Å²) in [5.74, 6) is 0. The molecule has 1 aromatic rings. The molecule has 5 nitrogen and oxygen atoms in total. The van der Waals surface area contributed by atoms with Gasteiger partial charge in [-0.15, -0.1) is 0 Å². The summed E-state index contributed by atoms with van der Waals surface area (Å²) in [6.07, 6.45) is 0. The van der Waals surface area contributed by atoms with Gasteiger partial charge in [-0.25, -0.2) is 5.01 Å². The van der Waals surface area contributed by atoms with Crippen LogP contribution in [0.1, 0.15) is 17.0 Å². The van der Waals surface area contributed by atoms with E-state index in [9.17, 15) is 0 Å². The summed E-state index contributed by atoms with van der Waals surface area (Å²) in [5.41, 5.74) is 7.03. The third kappa shape index (κ3) is 2.61. The number of rotatable bonds is 3. The number of piperazine rings is 1. The average Bonchev–Trinajstić information content (AvgIpc) is 2.59. The lowest BCUT2D eigenvalue weighted by molar-refractivity contribution is 0.102. The van der Waals surface area contributed by atoms with Gasteiger partial charge >= 0.3 is 0 Å². The molecule has 0 atom stereocenters. The van der Waals surface area contributed by atoms with Crippen molar-refractivity contribution in [3.63, 3.8) is 0 Å². The van der Waals surface area contributed by atoms with Crippen LogP contribution in [0.3, 0.4) is 0 Å². The zero-order valence-corrected chi connectivity index (χ0v) is 10.4. The summed E-state index contributed by atoms with van der Waals surface area (Å²) in [4.78, 5) is 2.35. The minimum Gasteiger partial charge on any atom is -0.304 e. The second kappa shape index (κ2) is 4.95. The Morgan fingerprint density at radius 1 is 1.25 bits per heavy atom. The maximum absolute atomic E-state index is 4.20. The number of aromatic nitrogens is 2. The fourth-order valence-corrected chi connectivity index (χ4v) is 1.99. The van der Waals surface area contributed by atoms with Crippen molar-refractivity contribution < 1.29 is 0 Å². The lowest BCUT2D eigenvalue weighted by atomic mass is 10.2. The van der Waals surface area contributed by atoms with Crippen LogP contribution >= 0.6 is 0 Å². The molecule has 0 unspecified atom stereocenters. The van der Waals surface area contributed by atoms with E-state index in [2.05, 4.69) is 39.5 Å². The number of hydrogen-bond acceptors (Lipinski definition) is 4. The third-order valence-electron chi connectivity index (χ3n) is 3.26. The standard InChI is InChI=1S/C11H21N5/c1-9-11(10(2)14-13-9)8-12-16-6-4-15(3)5-7-16/h12H,4-8H2,1-3H3,(H,13,14). The van der Waals surface area contributed by atoms with E-state index in [0.717, 1.165) is 38.4 Å². The van der Waals surface area contributed by atoms with Gasteiger partial charge in [-0.3, -0.25) is 10.5 Å². The van der Waals surface area contributed by atoms with E-state index in [0.29, 0.717) is 0 Å². The summed E-state index contributed by atoms with van der Waals surface area (Å²) in [7, 11) is 2.17. The smallest absolute Gasteiger partial charge is 0.0639 e. The number of likely N-dealkylation sites (N-methyl/N-ethyl adjacent to an activating group) is 1. The number of aryl methyl sites for hydroxylation is 2. The molecule has 2 N–H and O–H groups in total. The second-order valence-electron chi connectivity index (χ2n) is 4.54. The van der Waals surface area contributed by atoms with Crippen LogP contribution in [-0.4, -0.2) is 53.3 Å². The molecule has 16 heavy (non-hydrogen) atoms. The summed E-state index contributed by atoms with van der Waals surface area (Å²) in [6, 6.07) is 0. The lowest BCUT2D eigenvalue weighted by Crippen LogP contribution is -2.50. The molecule has 1 aliphatic rings. The molecule has 0 radical (unpaired) electrons. The predicted octanol–water partition coefficient (Wildman–Crippen LogP) is 0.279. The Hall–Kier alpha value is -0.910. The largest absolute Gasteiger partial charge is 0.304 e. The topological polar surface area (TPSA) is 47.2 Å². The maximum Gasteiger partial charge on any atom is 0.0639 e. The lowest BCUT2D eigenvalue weighted by Gasteiger charge is -2.32. The summed E-state index contributed by atoms with van der Waals surface area (Å²) in [5, 5.41) is 9.51. The summed E-state index contributed by atoms with van der Waals surface area (Å²) < 4.78 is 0. The Balaban J connectivity index is 1.83. The minimum atomic E-state index is 0.873. The quantitative estimate of drug-likeness (QED) is 0.772. The Labute approximate surface area is 96.8 Å². The SMILES string of the molecule is Cc1n[nH]c(C)c1CNN1CCN(C)CC1. The number of H-pyrrole nitrogens is 1. The molecule has 1 fully saturated rings. The van der Waals surface area contributed by atoms with Crippen molar-refractivity contribution in [2.24, 2.45) is 0 Å². The van der Waals surface area contributed by atoms with Gasteiger partial charge in [0.15, 0.2) is 0 Å². The second-order valence-corrected chi connectivity index (χ2v) is 4.54. The van der Waals surface area contributed by atoms with Gasteiger partial charge in [0.05, 0.1) is 5.69 Å². The van der Waals surface area contributed by atoms with Crippen LogP contribution in [0, 0.1) is 13.8 Å². The molecule has 0 amide bonds. The monoisotopic (exact) mass is 223 g/mol. The molecule has 5 heteroatoms. The van der Waals surface area contributed by atoms with Crippen molar-refractivity contribution in [1.29, 1.82) is 0 Å². The van der Waals surface area contributed by atoms with Crippen LogP contribution in [0.2, 0.25) is 0 Å². The highest BCUT2D eigenvalue weighted by Gasteiger charge is 2.14. The van der Waals surface area contributed by atoms with E-state index in [4.69, 9.17) is 0 Å². The van der Waals surface area contributed by atoms with Crippen LogP contribution < -0.4 is 5.43 Å². The molecule has 0 aromatic carbocycles. The highest BCUT2D eigenvalue weighted by atomic mass is 15.5. The van der Waals surface area contributed by atoms with Crippen LogP contribution in [0.4, 0.5) is 0 Å². The molecule has 1 aromatic heterocycles. The highest BCUT2D eigenvalue weighted by Crippen LogP contribution is 2.09. The average molecular weight is 223 g/mol. The first-order chi connectivity index (χ1) is 7.66. The molecule has 0 bridgehead atoms. The number of hydrazine groups is 1. The van der Waals surface area contributed by atoms with Gasteiger partial charge in [-0.05, 0) is 20.9 Å². The number of nitrogens with one attached hydrogen (secondary N) is 2. The van der Waals surface area contributed by atoms with Gasteiger partial charge in [0.1, 0.15) is 0 Å². The normalized spacial score (nSPS) is 19.2. The third-order valence-corrected chi connectivity index (χ3v) is 3.26. The highest BCUT2D eigenvalue weighted by molar-refractivity contribution is 5.22. The zero-order chi connectivity index (χ0) is 11.5. The Bertz CT molecular complexity index is 319. The predicted molar refractivity (Wildman–Crippen MR) is 64.0 cm³/mol. The van der Waals surface area contributed by atoms with E-state index in [-0.39, 0.29) is 0 Å². The first-order valence-electron chi connectivity index (χ1n) is 5.84. The molecule has 0 spiro atoms. The van der Waals surface area contributed by atoms with Crippen LogP contribution in [0.5, 0.6) is 0 Å². The van der Waals surface area contributed by atoms with Crippen molar-refractivity contribution in [3.8, 4) is 0 Å². The van der Waals surface area contributed by atoms with E-state index in [1.54, 1.807) is 0 Å². The minimum absolute atomic E-state index is 0.873. The fraction of sp³-hybridized carbons (Fsp3) is 0.727. The molecule has 1 saturated heterocycles. The van der Waals surface area contributed by atoms with E-state index >= 15 is 0 Å². The van der Waals surface area contributed by atoms with E-state index < -0.39 is 0 Å². The van der Waals surface area contributed by atoms with Crippen molar-refractivity contribution >= 4 is 0 Å². The Morgan fingerprint density at radius 3 is 2.50 bits per heavy atom. The number of hydrogen-bond donors (Lipinski definition) is 2. The summed E-state index contributed by atoms with van der Waals surface area (Å²) >= 11 is 0. The van der Waals surface area contributed by atoms with Gasteiger partial charge in [0.25, 0.3) is 0 Å². The van der Waals surface area contributed by atoms with Gasteiger partial charge in [-0.2, -0.15) is 5.10 Å². The molecule has 2 heterocycles. The summed E-state index contributed by atoms with van der Waals surface area (Å²) in [6.45, 7) is 9.44. The Morgan fingerprint density at radius 2 is 1.94 bits per heavy atom. The van der Waals surface area contributed by atoms with Crippen LogP contribution in [-0.2, 0) is 6.54 Å². The Kier molecular flexibility index (Phi) is 3.58. The molecule has 1 aliphatic heterocycles. The van der Waals surface area contributed by atoms with Crippen LogP contribution in [0.25, 0.3) is 0 Å². The van der Waals surface area contributed by atoms with Crippen molar-refractivity contribution in [3.05, 3.63) is 17.0 Å². The van der Waals surface area contributed by atoms with Gasteiger partial charge in [-0.1, -0.05) is 0 Å².